The number of hydrogen-bond donors (Lipinski definition) is 1. The number of likely N-dealkylation sites (tertiary alicyclic amines) is 1. The topological polar surface area (TPSA) is 46.3 Å². The molecule has 0 aromatic carbocycles. The monoisotopic (exact) mass is 252 g/mol. The Balaban J connectivity index is 1.80. The molecular formula is C15H28N2O. The number of rotatable bonds is 2. The highest BCUT2D eigenvalue weighted by atomic mass is 16.2. The molecule has 2 rings (SSSR count). The van der Waals surface area contributed by atoms with Gasteiger partial charge >= 0.3 is 0 Å². The van der Waals surface area contributed by atoms with Crippen molar-refractivity contribution in [1.29, 1.82) is 0 Å². The summed E-state index contributed by atoms with van der Waals surface area (Å²) in [5.74, 6) is 2.16. The molecule has 2 N–H and O–H groups in total. The summed E-state index contributed by atoms with van der Waals surface area (Å²) in [4.78, 5) is 14.5. The van der Waals surface area contributed by atoms with E-state index in [0.717, 1.165) is 44.7 Å². The predicted octanol–water partition coefficient (Wildman–Crippen LogP) is 2.40. The number of carbonyl (C=O) groups excluding carboxylic acids is 1. The van der Waals surface area contributed by atoms with Crippen molar-refractivity contribution in [3.8, 4) is 0 Å². The Hall–Kier alpha value is -0.570. The highest BCUT2D eigenvalue weighted by Crippen LogP contribution is 2.31. The van der Waals surface area contributed by atoms with Crippen molar-refractivity contribution in [2.24, 2.45) is 23.5 Å². The van der Waals surface area contributed by atoms with Crippen molar-refractivity contribution in [2.45, 2.75) is 58.4 Å². The smallest absolute Gasteiger partial charge is 0.225 e. The van der Waals surface area contributed by atoms with Crippen LogP contribution in [0.5, 0.6) is 0 Å². The standard InChI is InChI=1S/C15H28N2O/c1-11-3-5-14(6-4-11)15(18)17-9-7-13(8-10-17)12(2)16/h11-14H,3-10,16H2,1-2H3. The Morgan fingerprint density at radius 3 is 2.17 bits per heavy atom. The second-order valence-corrected chi connectivity index (χ2v) is 6.48. The zero-order valence-electron chi connectivity index (χ0n) is 11.9. The molecule has 0 radical (unpaired) electrons. The largest absolute Gasteiger partial charge is 0.342 e. The van der Waals surface area contributed by atoms with E-state index in [-0.39, 0.29) is 6.04 Å². The Morgan fingerprint density at radius 2 is 1.67 bits per heavy atom. The summed E-state index contributed by atoms with van der Waals surface area (Å²) >= 11 is 0. The molecule has 18 heavy (non-hydrogen) atoms. The van der Waals surface area contributed by atoms with Gasteiger partial charge in [-0.05, 0) is 57.3 Å². The van der Waals surface area contributed by atoms with Crippen LogP contribution in [0.2, 0.25) is 0 Å². The van der Waals surface area contributed by atoms with E-state index in [1.165, 1.54) is 12.8 Å². The van der Waals surface area contributed by atoms with Gasteiger partial charge < -0.3 is 10.6 Å². The Kier molecular flexibility index (Phi) is 4.66. The summed E-state index contributed by atoms with van der Waals surface area (Å²) in [6, 6.07) is 0.276. The molecule has 3 nitrogen and oxygen atoms in total. The van der Waals surface area contributed by atoms with E-state index < -0.39 is 0 Å². The number of carbonyl (C=O) groups is 1. The molecule has 1 aliphatic heterocycles. The van der Waals surface area contributed by atoms with Gasteiger partial charge in [0.2, 0.25) is 5.91 Å². The fourth-order valence-electron chi connectivity index (χ4n) is 3.41. The number of nitrogens with two attached hydrogens (primary N) is 1. The zero-order chi connectivity index (χ0) is 13.1. The molecule has 1 heterocycles. The molecular weight excluding hydrogens is 224 g/mol. The van der Waals surface area contributed by atoms with Gasteiger partial charge in [0.25, 0.3) is 0 Å². The van der Waals surface area contributed by atoms with Crippen molar-refractivity contribution in [2.75, 3.05) is 13.1 Å². The number of amides is 1. The second-order valence-electron chi connectivity index (χ2n) is 6.48. The highest BCUT2D eigenvalue weighted by molar-refractivity contribution is 5.79. The van der Waals surface area contributed by atoms with Crippen molar-refractivity contribution in [3.05, 3.63) is 0 Å². The van der Waals surface area contributed by atoms with Crippen LogP contribution in [-0.2, 0) is 4.79 Å². The first-order chi connectivity index (χ1) is 8.58. The van der Waals surface area contributed by atoms with Gasteiger partial charge in [0.15, 0.2) is 0 Å². The van der Waals surface area contributed by atoms with Gasteiger partial charge in [0.1, 0.15) is 0 Å². The molecule has 3 heteroatoms. The number of piperidine rings is 1. The minimum atomic E-state index is 0.276. The lowest BCUT2D eigenvalue weighted by Gasteiger charge is -2.37. The number of nitrogens with zero attached hydrogens (tertiary/aromatic N) is 1. The number of hydrogen-bond acceptors (Lipinski definition) is 2. The van der Waals surface area contributed by atoms with Crippen LogP contribution >= 0.6 is 0 Å². The van der Waals surface area contributed by atoms with E-state index in [0.29, 0.717) is 17.7 Å². The summed E-state index contributed by atoms with van der Waals surface area (Å²) < 4.78 is 0. The SMILES string of the molecule is CC1CCC(C(=O)N2CCC(C(C)N)CC2)CC1. The molecule has 0 aromatic heterocycles. The molecule has 104 valence electrons. The van der Waals surface area contributed by atoms with Crippen molar-refractivity contribution >= 4 is 5.91 Å². The summed E-state index contributed by atoms with van der Waals surface area (Å²) in [7, 11) is 0. The maximum Gasteiger partial charge on any atom is 0.225 e. The van der Waals surface area contributed by atoms with Crippen molar-refractivity contribution in [1.82, 2.24) is 4.90 Å². The molecule has 1 atom stereocenters. The molecule has 1 unspecified atom stereocenters. The first-order valence-electron chi connectivity index (χ1n) is 7.62. The van der Waals surface area contributed by atoms with E-state index in [4.69, 9.17) is 5.73 Å². The van der Waals surface area contributed by atoms with Crippen molar-refractivity contribution in [3.63, 3.8) is 0 Å². The second kappa shape index (κ2) is 6.05. The van der Waals surface area contributed by atoms with Crippen molar-refractivity contribution < 1.29 is 4.79 Å². The lowest BCUT2D eigenvalue weighted by Crippen LogP contribution is -2.45. The molecule has 1 saturated carbocycles. The van der Waals surface area contributed by atoms with Crippen LogP contribution in [-0.4, -0.2) is 29.9 Å². The fraction of sp³-hybridized carbons (Fsp3) is 0.933. The Labute approximate surface area is 111 Å². The fourth-order valence-corrected chi connectivity index (χ4v) is 3.41. The van der Waals surface area contributed by atoms with E-state index >= 15 is 0 Å². The van der Waals surface area contributed by atoms with Crippen LogP contribution in [0.3, 0.4) is 0 Å². The quantitative estimate of drug-likeness (QED) is 0.820. The maximum absolute atomic E-state index is 12.4. The highest BCUT2D eigenvalue weighted by Gasteiger charge is 2.31. The van der Waals surface area contributed by atoms with Crippen LogP contribution < -0.4 is 5.73 Å². The molecule has 0 bridgehead atoms. The molecule has 2 aliphatic rings. The third kappa shape index (κ3) is 3.25. The van der Waals surface area contributed by atoms with Crippen LogP contribution in [0.1, 0.15) is 52.4 Å². The zero-order valence-corrected chi connectivity index (χ0v) is 11.9. The third-order valence-electron chi connectivity index (χ3n) is 4.96. The first-order valence-corrected chi connectivity index (χ1v) is 7.62. The normalized spacial score (nSPS) is 32.3. The minimum Gasteiger partial charge on any atom is -0.342 e. The maximum atomic E-state index is 12.4. The van der Waals surface area contributed by atoms with Gasteiger partial charge in [-0.1, -0.05) is 6.92 Å². The van der Waals surface area contributed by atoms with Gasteiger partial charge in [0, 0.05) is 25.0 Å². The van der Waals surface area contributed by atoms with Gasteiger partial charge in [0.05, 0.1) is 0 Å². The Morgan fingerprint density at radius 1 is 1.11 bits per heavy atom. The molecule has 1 saturated heterocycles. The van der Waals surface area contributed by atoms with Crippen LogP contribution in [0.4, 0.5) is 0 Å². The Bertz CT molecular complexity index is 274. The molecule has 1 aliphatic carbocycles. The van der Waals surface area contributed by atoms with Gasteiger partial charge in [-0.3, -0.25) is 4.79 Å². The van der Waals surface area contributed by atoms with Crippen LogP contribution in [0.25, 0.3) is 0 Å². The molecule has 0 aromatic rings. The molecule has 2 fully saturated rings. The third-order valence-corrected chi connectivity index (χ3v) is 4.96. The van der Waals surface area contributed by atoms with Gasteiger partial charge in [-0.25, -0.2) is 0 Å². The van der Waals surface area contributed by atoms with Crippen LogP contribution in [0.15, 0.2) is 0 Å². The van der Waals surface area contributed by atoms with Gasteiger partial charge in [-0.15, -0.1) is 0 Å². The lowest BCUT2D eigenvalue weighted by atomic mass is 9.81. The molecule has 1 amide bonds. The van der Waals surface area contributed by atoms with Crippen LogP contribution in [0, 0.1) is 17.8 Å². The lowest BCUT2D eigenvalue weighted by molar-refractivity contribution is -0.138. The van der Waals surface area contributed by atoms with E-state index in [1.807, 2.05) is 0 Å². The van der Waals surface area contributed by atoms with E-state index in [2.05, 4.69) is 18.7 Å². The van der Waals surface area contributed by atoms with E-state index in [9.17, 15) is 4.79 Å². The summed E-state index contributed by atoms with van der Waals surface area (Å²) in [6.07, 6.45) is 6.85. The molecule has 0 spiro atoms. The average molecular weight is 252 g/mol. The summed E-state index contributed by atoms with van der Waals surface area (Å²) in [5, 5.41) is 0. The van der Waals surface area contributed by atoms with Gasteiger partial charge in [-0.2, -0.15) is 0 Å². The summed E-state index contributed by atoms with van der Waals surface area (Å²) in [6.45, 7) is 6.24. The first kappa shape index (κ1) is 13.9. The minimum absolute atomic E-state index is 0.276. The average Bonchev–Trinajstić information content (AvgIpc) is 2.39. The predicted molar refractivity (Wildman–Crippen MR) is 74.1 cm³/mol. The van der Waals surface area contributed by atoms with E-state index in [1.54, 1.807) is 0 Å². The summed E-state index contributed by atoms with van der Waals surface area (Å²) in [5.41, 5.74) is 5.94.